The highest BCUT2D eigenvalue weighted by Crippen LogP contribution is 2.05. The molecule has 0 bridgehead atoms. The first-order valence-corrected chi connectivity index (χ1v) is 4.96. The van der Waals surface area contributed by atoms with Gasteiger partial charge in [0.25, 0.3) is 0 Å². The molecule has 4 heteroatoms. The first-order chi connectivity index (χ1) is 6.97. The van der Waals surface area contributed by atoms with Crippen LogP contribution in [0.2, 0.25) is 0 Å². The third-order valence-corrected chi connectivity index (χ3v) is 1.65. The number of carbonyl (C=O) groups excluding carboxylic acids is 1. The minimum Gasteiger partial charge on any atom is -0.469 e. The SMILES string of the molecule is CC(C)(C)ONC(=O)CCc1ccco1. The fourth-order valence-electron chi connectivity index (χ4n) is 0.953. The van der Waals surface area contributed by atoms with Crippen LogP contribution in [0.1, 0.15) is 33.0 Å². The van der Waals surface area contributed by atoms with Gasteiger partial charge in [0, 0.05) is 12.8 Å². The molecule has 0 radical (unpaired) electrons. The fourth-order valence-corrected chi connectivity index (χ4v) is 0.953. The standard InChI is InChI=1S/C11H17NO3/c1-11(2,3)15-12-10(13)7-6-9-5-4-8-14-9/h4-5,8H,6-7H2,1-3H3,(H,12,13). The number of rotatable bonds is 4. The third kappa shape index (κ3) is 5.22. The van der Waals surface area contributed by atoms with Gasteiger partial charge in [-0.2, -0.15) is 0 Å². The van der Waals surface area contributed by atoms with Crippen LogP contribution < -0.4 is 5.48 Å². The Morgan fingerprint density at radius 2 is 2.27 bits per heavy atom. The molecule has 1 aromatic heterocycles. The summed E-state index contributed by atoms with van der Waals surface area (Å²) in [6, 6.07) is 3.65. The van der Waals surface area contributed by atoms with Crippen LogP contribution in [-0.2, 0) is 16.1 Å². The largest absolute Gasteiger partial charge is 0.469 e. The number of hydrogen-bond acceptors (Lipinski definition) is 3. The van der Waals surface area contributed by atoms with Gasteiger partial charge < -0.3 is 4.42 Å². The van der Waals surface area contributed by atoms with Crippen molar-refractivity contribution in [1.82, 2.24) is 5.48 Å². The molecule has 0 aromatic carbocycles. The molecule has 0 saturated carbocycles. The Labute approximate surface area is 89.6 Å². The lowest BCUT2D eigenvalue weighted by atomic mass is 10.2. The van der Waals surface area contributed by atoms with Crippen molar-refractivity contribution in [1.29, 1.82) is 0 Å². The highest BCUT2D eigenvalue weighted by Gasteiger charge is 2.12. The molecule has 1 N–H and O–H groups in total. The number of hydroxylamine groups is 1. The van der Waals surface area contributed by atoms with Gasteiger partial charge in [0.05, 0.1) is 11.9 Å². The number of furan rings is 1. The molecule has 1 rings (SSSR count). The lowest BCUT2D eigenvalue weighted by Crippen LogP contribution is -2.33. The van der Waals surface area contributed by atoms with Gasteiger partial charge in [-0.3, -0.25) is 9.63 Å². The first kappa shape index (κ1) is 11.8. The molecule has 84 valence electrons. The van der Waals surface area contributed by atoms with Crippen LogP contribution in [0.25, 0.3) is 0 Å². The molecule has 1 aromatic rings. The van der Waals surface area contributed by atoms with Crippen LogP contribution >= 0.6 is 0 Å². The molecule has 0 spiro atoms. The molecular formula is C11H17NO3. The molecule has 15 heavy (non-hydrogen) atoms. The predicted molar refractivity (Wildman–Crippen MR) is 56.0 cm³/mol. The molecule has 1 amide bonds. The Hall–Kier alpha value is -1.29. The molecule has 0 aliphatic carbocycles. The summed E-state index contributed by atoms with van der Waals surface area (Å²) in [6.07, 6.45) is 2.55. The van der Waals surface area contributed by atoms with Gasteiger partial charge in [-0.05, 0) is 32.9 Å². The number of hydrogen-bond donors (Lipinski definition) is 1. The Morgan fingerprint density at radius 3 is 2.80 bits per heavy atom. The lowest BCUT2D eigenvalue weighted by molar-refractivity contribution is -0.145. The van der Waals surface area contributed by atoms with E-state index in [9.17, 15) is 4.79 Å². The minimum absolute atomic E-state index is 0.138. The van der Waals surface area contributed by atoms with E-state index < -0.39 is 0 Å². The Bertz CT molecular complexity index is 298. The van der Waals surface area contributed by atoms with Crippen LogP contribution in [0.5, 0.6) is 0 Å². The van der Waals surface area contributed by atoms with Crippen molar-refractivity contribution < 1.29 is 14.0 Å². The highest BCUT2D eigenvalue weighted by molar-refractivity contribution is 5.74. The first-order valence-electron chi connectivity index (χ1n) is 4.96. The van der Waals surface area contributed by atoms with Crippen LogP contribution in [0, 0.1) is 0 Å². The van der Waals surface area contributed by atoms with E-state index in [2.05, 4.69) is 5.48 Å². The zero-order valence-electron chi connectivity index (χ0n) is 9.37. The van der Waals surface area contributed by atoms with Gasteiger partial charge in [0.15, 0.2) is 0 Å². The van der Waals surface area contributed by atoms with Gasteiger partial charge in [0.2, 0.25) is 5.91 Å². The molecule has 0 fully saturated rings. The van der Waals surface area contributed by atoms with Crippen molar-refractivity contribution in [2.45, 2.75) is 39.2 Å². The second-order valence-electron chi connectivity index (χ2n) is 4.32. The van der Waals surface area contributed by atoms with Crippen molar-refractivity contribution in [3.05, 3.63) is 24.2 Å². The molecule has 1 heterocycles. The molecular weight excluding hydrogens is 194 g/mol. The van der Waals surface area contributed by atoms with Crippen LogP contribution in [0.3, 0.4) is 0 Å². The van der Waals surface area contributed by atoms with Crippen LogP contribution in [0.15, 0.2) is 22.8 Å². The number of nitrogens with one attached hydrogen (secondary N) is 1. The van der Waals surface area contributed by atoms with Crippen LogP contribution in [0.4, 0.5) is 0 Å². The summed E-state index contributed by atoms with van der Waals surface area (Å²) in [6.45, 7) is 5.62. The van der Waals surface area contributed by atoms with Gasteiger partial charge in [0.1, 0.15) is 5.76 Å². The maximum absolute atomic E-state index is 11.3. The second kappa shape index (κ2) is 4.98. The smallest absolute Gasteiger partial charge is 0.244 e. The van der Waals surface area contributed by atoms with E-state index in [0.29, 0.717) is 12.8 Å². The monoisotopic (exact) mass is 211 g/mol. The summed E-state index contributed by atoms with van der Waals surface area (Å²) in [4.78, 5) is 16.4. The van der Waals surface area contributed by atoms with Gasteiger partial charge in [-0.25, -0.2) is 5.48 Å². The zero-order chi connectivity index (χ0) is 11.3. The maximum atomic E-state index is 11.3. The number of aryl methyl sites for hydroxylation is 1. The second-order valence-corrected chi connectivity index (χ2v) is 4.32. The molecule has 0 unspecified atom stereocenters. The van der Waals surface area contributed by atoms with E-state index >= 15 is 0 Å². The average Bonchev–Trinajstić information content (AvgIpc) is 2.62. The van der Waals surface area contributed by atoms with Crippen molar-refractivity contribution in [3.8, 4) is 0 Å². The van der Waals surface area contributed by atoms with Crippen molar-refractivity contribution >= 4 is 5.91 Å². The van der Waals surface area contributed by atoms with Gasteiger partial charge in [-0.1, -0.05) is 0 Å². The Balaban J connectivity index is 2.20. The molecule has 0 atom stereocenters. The molecule has 4 nitrogen and oxygen atoms in total. The van der Waals surface area contributed by atoms with Gasteiger partial charge in [-0.15, -0.1) is 0 Å². The topological polar surface area (TPSA) is 51.5 Å². The number of amides is 1. The van der Waals surface area contributed by atoms with Gasteiger partial charge >= 0.3 is 0 Å². The normalized spacial score (nSPS) is 11.4. The van der Waals surface area contributed by atoms with Crippen molar-refractivity contribution in [2.75, 3.05) is 0 Å². The molecule has 0 aliphatic rings. The van der Waals surface area contributed by atoms with E-state index in [1.165, 1.54) is 0 Å². The molecule has 0 aliphatic heterocycles. The predicted octanol–water partition coefficient (Wildman–Crippen LogP) is 2.06. The maximum Gasteiger partial charge on any atom is 0.244 e. The summed E-state index contributed by atoms with van der Waals surface area (Å²) in [5, 5.41) is 0. The number of carbonyl (C=O) groups is 1. The third-order valence-electron chi connectivity index (χ3n) is 1.65. The summed E-state index contributed by atoms with van der Waals surface area (Å²) in [5.41, 5.74) is 2.04. The summed E-state index contributed by atoms with van der Waals surface area (Å²) in [7, 11) is 0. The Kier molecular flexibility index (Phi) is 3.91. The summed E-state index contributed by atoms with van der Waals surface area (Å²) >= 11 is 0. The van der Waals surface area contributed by atoms with E-state index in [1.807, 2.05) is 26.8 Å². The fraction of sp³-hybridized carbons (Fsp3) is 0.545. The van der Waals surface area contributed by atoms with Crippen LogP contribution in [-0.4, -0.2) is 11.5 Å². The zero-order valence-corrected chi connectivity index (χ0v) is 9.37. The Morgan fingerprint density at radius 1 is 1.53 bits per heavy atom. The van der Waals surface area contributed by atoms with E-state index in [0.717, 1.165) is 5.76 Å². The van der Waals surface area contributed by atoms with E-state index in [-0.39, 0.29) is 11.5 Å². The quantitative estimate of drug-likeness (QED) is 0.775. The summed E-state index contributed by atoms with van der Waals surface area (Å²) in [5.74, 6) is 0.669. The highest BCUT2D eigenvalue weighted by atomic mass is 16.7. The van der Waals surface area contributed by atoms with E-state index in [4.69, 9.17) is 9.25 Å². The van der Waals surface area contributed by atoms with Crippen molar-refractivity contribution in [2.24, 2.45) is 0 Å². The lowest BCUT2D eigenvalue weighted by Gasteiger charge is -2.18. The van der Waals surface area contributed by atoms with Crippen molar-refractivity contribution in [3.63, 3.8) is 0 Å². The van der Waals surface area contributed by atoms with E-state index in [1.54, 1.807) is 12.3 Å². The summed E-state index contributed by atoms with van der Waals surface area (Å²) < 4.78 is 5.11. The minimum atomic E-state index is -0.361. The average molecular weight is 211 g/mol. The molecule has 0 saturated heterocycles.